The maximum Gasteiger partial charge on any atom is 0.223 e. The second-order valence-corrected chi connectivity index (χ2v) is 8.51. The van der Waals surface area contributed by atoms with E-state index in [0.29, 0.717) is 17.9 Å². The van der Waals surface area contributed by atoms with Crippen LogP contribution in [0.2, 0.25) is 0 Å². The van der Waals surface area contributed by atoms with Crippen LogP contribution in [0.1, 0.15) is 59.7 Å². The number of hydrogen-bond donors (Lipinski definition) is 0. The molecule has 5 nitrogen and oxygen atoms in total. The molecular weight excluding hydrogens is 334 g/mol. The van der Waals surface area contributed by atoms with Crippen LogP contribution in [0.4, 0.5) is 0 Å². The number of nitrogens with zero attached hydrogens (tertiary/aromatic N) is 3. The van der Waals surface area contributed by atoms with Gasteiger partial charge in [0.15, 0.2) is 5.82 Å². The summed E-state index contributed by atoms with van der Waals surface area (Å²) in [4.78, 5) is 9.80. The van der Waals surface area contributed by atoms with E-state index in [1.165, 1.54) is 41.9 Å². The van der Waals surface area contributed by atoms with Gasteiger partial charge < -0.3 is 9.26 Å². The summed E-state index contributed by atoms with van der Waals surface area (Å²) in [5.41, 5.74) is 0. The van der Waals surface area contributed by atoms with Crippen LogP contribution in [-0.2, 0) is 17.7 Å². The number of ether oxygens (including phenoxy) is 1. The Hall–Kier alpha value is -1.24. The minimum absolute atomic E-state index is 0.344. The molecule has 2 fully saturated rings. The number of aryl methyl sites for hydroxylation is 1. The van der Waals surface area contributed by atoms with Gasteiger partial charge in [-0.3, -0.25) is 4.90 Å². The van der Waals surface area contributed by atoms with Gasteiger partial charge in [-0.05, 0) is 63.2 Å². The van der Waals surface area contributed by atoms with Crippen molar-refractivity contribution in [3.63, 3.8) is 0 Å². The Morgan fingerprint density at radius 1 is 1.20 bits per heavy atom. The van der Waals surface area contributed by atoms with Crippen LogP contribution in [0.25, 0.3) is 0 Å². The normalized spacial score (nSPS) is 23.2. The molecule has 0 radical (unpaired) electrons. The Morgan fingerprint density at radius 3 is 2.80 bits per heavy atom. The first-order valence-corrected chi connectivity index (χ1v) is 10.3. The zero-order valence-electron chi connectivity index (χ0n) is 14.9. The Bertz CT molecular complexity index is 670. The smallest absolute Gasteiger partial charge is 0.223 e. The molecule has 4 heterocycles. The average molecular weight is 362 g/mol. The molecule has 4 rings (SSSR count). The number of rotatable bonds is 5. The molecule has 2 aliphatic rings. The van der Waals surface area contributed by atoms with E-state index in [1.54, 1.807) is 0 Å². The van der Waals surface area contributed by atoms with Crippen molar-refractivity contribution >= 4 is 11.3 Å². The van der Waals surface area contributed by atoms with Gasteiger partial charge in [-0.1, -0.05) is 5.16 Å². The lowest BCUT2D eigenvalue weighted by atomic mass is 9.93. The molecule has 2 aliphatic heterocycles. The highest BCUT2D eigenvalue weighted by atomic mass is 32.1. The fraction of sp³-hybridized carbons (Fsp3) is 0.684. The van der Waals surface area contributed by atoms with E-state index >= 15 is 0 Å². The van der Waals surface area contributed by atoms with E-state index in [4.69, 9.17) is 9.26 Å². The first-order valence-electron chi connectivity index (χ1n) is 9.48. The summed E-state index contributed by atoms with van der Waals surface area (Å²) < 4.78 is 11.0. The number of likely N-dealkylation sites (tertiary alicyclic amines) is 1. The molecule has 6 heteroatoms. The maximum atomic E-state index is 5.92. The van der Waals surface area contributed by atoms with E-state index in [2.05, 4.69) is 27.2 Å². The molecule has 2 saturated heterocycles. The third-order valence-corrected chi connectivity index (χ3v) is 6.47. The second-order valence-electron chi connectivity index (χ2n) is 7.31. The zero-order chi connectivity index (χ0) is 17.1. The molecule has 1 atom stereocenters. The van der Waals surface area contributed by atoms with E-state index in [-0.39, 0.29) is 0 Å². The summed E-state index contributed by atoms with van der Waals surface area (Å²) in [6.45, 7) is 6.17. The van der Waals surface area contributed by atoms with Crippen molar-refractivity contribution in [3.05, 3.63) is 33.6 Å². The highest BCUT2D eigenvalue weighted by molar-refractivity contribution is 7.12. The van der Waals surface area contributed by atoms with Crippen molar-refractivity contribution in [2.45, 2.75) is 58.1 Å². The number of aromatic nitrogens is 2. The molecule has 2 aromatic heterocycles. The summed E-state index contributed by atoms with van der Waals surface area (Å²) in [5.74, 6) is 2.22. The van der Waals surface area contributed by atoms with E-state index in [9.17, 15) is 0 Å². The van der Waals surface area contributed by atoms with E-state index in [1.807, 2.05) is 18.3 Å². The first-order chi connectivity index (χ1) is 12.3. The van der Waals surface area contributed by atoms with Crippen LogP contribution < -0.4 is 0 Å². The first kappa shape index (κ1) is 17.2. The molecule has 0 spiro atoms. The minimum Gasteiger partial charge on any atom is -0.373 e. The largest absolute Gasteiger partial charge is 0.373 e. The Balaban J connectivity index is 1.25. The highest BCUT2D eigenvalue weighted by Gasteiger charge is 2.22. The van der Waals surface area contributed by atoms with Gasteiger partial charge in [0.1, 0.15) is 0 Å². The summed E-state index contributed by atoms with van der Waals surface area (Å²) in [6, 6.07) is 4.58. The predicted molar refractivity (Wildman–Crippen MR) is 97.6 cm³/mol. The van der Waals surface area contributed by atoms with Gasteiger partial charge in [-0.15, -0.1) is 11.3 Å². The third kappa shape index (κ3) is 4.49. The third-order valence-electron chi connectivity index (χ3n) is 5.31. The standard InChI is InChI=1S/C19H27N3O2S/c1-14-20-19(21-24-14)12-15-7-9-22(10-8-15)13-16-5-6-18(25-16)17-4-2-3-11-23-17/h5-6,15,17H,2-4,7-13H2,1H3/t17-/m1/s1. The molecule has 0 aromatic carbocycles. The van der Waals surface area contributed by atoms with E-state index < -0.39 is 0 Å². The van der Waals surface area contributed by atoms with Gasteiger partial charge in [0.05, 0.1) is 6.10 Å². The molecule has 0 aliphatic carbocycles. The number of piperidine rings is 1. The Kier molecular flexibility index (Phi) is 5.48. The summed E-state index contributed by atoms with van der Waals surface area (Å²) in [5, 5.41) is 4.03. The molecule has 0 amide bonds. The van der Waals surface area contributed by atoms with Crippen LogP contribution in [0.15, 0.2) is 16.7 Å². The van der Waals surface area contributed by atoms with Crippen molar-refractivity contribution in [1.82, 2.24) is 15.0 Å². The topological polar surface area (TPSA) is 51.4 Å². The Morgan fingerprint density at radius 2 is 2.08 bits per heavy atom. The van der Waals surface area contributed by atoms with Crippen LogP contribution in [0, 0.1) is 12.8 Å². The molecule has 2 aromatic rings. The lowest BCUT2D eigenvalue weighted by Gasteiger charge is -2.31. The molecule has 25 heavy (non-hydrogen) atoms. The van der Waals surface area contributed by atoms with Gasteiger partial charge in [0.25, 0.3) is 0 Å². The SMILES string of the molecule is Cc1nc(CC2CCN(Cc3ccc([C@H]4CCCCO4)s3)CC2)no1. The molecule has 0 N–H and O–H groups in total. The second kappa shape index (κ2) is 7.98. The van der Waals surface area contributed by atoms with Crippen LogP contribution in [0.3, 0.4) is 0 Å². The molecule has 0 unspecified atom stereocenters. The molecule has 0 bridgehead atoms. The Labute approximate surface area is 153 Å². The molecule has 0 saturated carbocycles. The lowest BCUT2D eigenvalue weighted by Crippen LogP contribution is -2.33. The van der Waals surface area contributed by atoms with Crippen LogP contribution in [0.5, 0.6) is 0 Å². The number of hydrogen-bond acceptors (Lipinski definition) is 6. The van der Waals surface area contributed by atoms with E-state index in [0.717, 1.165) is 38.5 Å². The summed E-state index contributed by atoms with van der Waals surface area (Å²) in [6.07, 6.45) is 7.43. The quantitative estimate of drug-likeness (QED) is 0.801. The highest BCUT2D eigenvalue weighted by Crippen LogP contribution is 2.33. The maximum absolute atomic E-state index is 5.92. The van der Waals surface area contributed by atoms with Gasteiger partial charge in [-0.25, -0.2) is 0 Å². The van der Waals surface area contributed by atoms with Gasteiger partial charge in [0.2, 0.25) is 5.89 Å². The zero-order valence-corrected chi connectivity index (χ0v) is 15.8. The minimum atomic E-state index is 0.344. The van der Waals surface area contributed by atoms with Crippen molar-refractivity contribution < 1.29 is 9.26 Å². The van der Waals surface area contributed by atoms with Crippen molar-refractivity contribution in [2.24, 2.45) is 5.92 Å². The fourth-order valence-electron chi connectivity index (χ4n) is 3.87. The monoisotopic (exact) mass is 361 g/mol. The van der Waals surface area contributed by atoms with Gasteiger partial charge >= 0.3 is 0 Å². The van der Waals surface area contributed by atoms with Crippen LogP contribution in [-0.4, -0.2) is 34.7 Å². The number of thiophene rings is 1. The van der Waals surface area contributed by atoms with Crippen molar-refractivity contribution in [2.75, 3.05) is 19.7 Å². The lowest BCUT2D eigenvalue weighted by molar-refractivity contribution is 0.0172. The summed E-state index contributed by atoms with van der Waals surface area (Å²) in [7, 11) is 0. The van der Waals surface area contributed by atoms with Crippen molar-refractivity contribution in [3.8, 4) is 0 Å². The van der Waals surface area contributed by atoms with Crippen LogP contribution >= 0.6 is 11.3 Å². The molecule has 136 valence electrons. The molecular formula is C19H27N3O2S. The summed E-state index contributed by atoms with van der Waals surface area (Å²) >= 11 is 1.94. The van der Waals surface area contributed by atoms with Gasteiger partial charge in [0, 0.05) is 36.3 Å². The van der Waals surface area contributed by atoms with Crippen molar-refractivity contribution in [1.29, 1.82) is 0 Å². The fourth-order valence-corrected chi connectivity index (χ4v) is 5.01. The average Bonchev–Trinajstić information content (AvgIpc) is 3.27. The predicted octanol–water partition coefficient (Wildman–Crippen LogP) is 4.14. The van der Waals surface area contributed by atoms with Gasteiger partial charge in [-0.2, -0.15) is 4.98 Å².